The summed E-state index contributed by atoms with van der Waals surface area (Å²) in [4.78, 5) is 49.9. The number of likely N-dealkylation sites (tertiary alicyclic amines) is 1. The first-order valence-corrected chi connectivity index (χ1v) is 9.83. The van der Waals surface area contributed by atoms with Crippen molar-refractivity contribution >= 4 is 50.4 Å². The molecule has 1 saturated heterocycles. The Labute approximate surface area is 175 Å². The number of hydrogen-bond donors (Lipinski definition) is 1. The standard InChI is InChI=1S/C20H20BrN3O5/c1-3-18(26)24-8-13(9-24)22-17(25)11-23-10-15(19(27)20(28)29-4-2)14-7-12(21)5-6-16(14)23/h3,5-7,10,13H,1,4,8-9,11H2,2H3,(H,22,25). The first-order chi connectivity index (χ1) is 13.8. The van der Waals surface area contributed by atoms with Crippen LogP contribution in [-0.4, -0.2) is 58.8 Å². The number of halogens is 1. The topological polar surface area (TPSA) is 97.7 Å². The van der Waals surface area contributed by atoms with Gasteiger partial charge in [-0.05, 0) is 31.2 Å². The monoisotopic (exact) mass is 461 g/mol. The molecule has 0 radical (unpaired) electrons. The van der Waals surface area contributed by atoms with E-state index in [1.807, 2.05) is 0 Å². The molecule has 3 rings (SSSR count). The number of nitrogens with zero attached hydrogens (tertiary/aromatic N) is 2. The van der Waals surface area contributed by atoms with Crippen LogP contribution in [0.3, 0.4) is 0 Å². The molecule has 9 heteroatoms. The average Bonchev–Trinajstić information content (AvgIpc) is 3.00. The molecule has 1 N–H and O–H groups in total. The van der Waals surface area contributed by atoms with E-state index >= 15 is 0 Å². The third kappa shape index (κ3) is 4.40. The fraction of sp³-hybridized carbons (Fsp3) is 0.300. The summed E-state index contributed by atoms with van der Waals surface area (Å²) in [6, 6.07) is 5.16. The largest absolute Gasteiger partial charge is 0.460 e. The third-order valence-electron chi connectivity index (χ3n) is 4.60. The third-order valence-corrected chi connectivity index (χ3v) is 5.09. The molecule has 2 heterocycles. The molecule has 152 valence electrons. The van der Waals surface area contributed by atoms with Crippen LogP contribution in [0, 0.1) is 0 Å². The van der Waals surface area contributed by atoms with E-state index in [9.17, 15) is 19.2 Å². The van der Waals surface area contributed by atoms with E-state index < -0.39 is 11.8 Å². The van der Waals surface area contributed by atoms with E-state index in [2.05, 4.69) is 27.8 Å². The quantitative estimate of drug-likeness (QED) is 0.292. The number of aromatic nitrogens is 1. The van der Waals surface area contributed by atoms with Gasteiger partial charge in [-0.25, -0.2) is 4.79 Å². The summed E-state index contributed by atoms with van der Waals surface area (Å²) >= 11 is 3.36. The van der Waals surface area contributed by atoms with Gasteiger partial charge in [-0.1, -0.05) is 22.5 Å². The van der Waals surface area contributed by atoms with Gasteiger partial charge >= 0.3 is 5.97 Å². The number of amides is 2. The van der Waals surface area contributed by atoms with Crippen molar-refractivity contribution in [2.75, 3.05) is 19.7 Å². The first-order valence-electron chi connectivity index (χ1n) is 9.04. The van der Waals surface area contributed by atoms with Gasteiger partial charge in [-0.3, -0.25) is 14.4 Å². The van der Waals surface area contributed by atoms with E-state index in [0.717, 1.165) is 4.47 Å². The van der Waals surface area contributed by atoms with Crippen LogP contribution < -0.4 is 5.32 Å². The summed E-state index contributed by atoms with van der Waals surface area (Å²) in [5, 5.41) is 3.41. The zero-order valence-electron chi connectivity index (χ0n) is 15.8. The molecule has 1 aliphatic heterocycles. The SMILES string of the molecule is C=CC(=O)N1CC(NC(=O)Cn2cc(C(=O)C(=O)OCC)c3cc(Br)ccc32)C1. The van der Waals surface area contributed by atoms with Gasteiger partial charge in [0.05, 0.1) is 18.2 Å². The number of nitrogens with one attached hydrogen (secondary N) is 1. The molecule has 8 nitrogen and oxygen atoms in total. The molecule has 0 aliphatic carbocycles. The molecule has 29 heavy (non-hydrogen) atoms. The molecule has 2 aromatic rings. The van der Waals surface area contributed by atoms with Crippen molar-refractivity contribution in [3.63, 3.8) is 0 Å². The first kappa shape index (κ1) is 20.8. The highest BCUT2D eigenvalue weighted by molar-refractivity contribution is 9.10. The molecule has 0 bridgehead atoms. The minimum Gasteiger partial charge on any atom is -0.460 e. The van der Waals surface area contributed by atoms with E-state index in [1.54, 1.807) is 34.6 Å². The second kappa shape index (κ2) is 8.60. The zero-order valence-corrected chi connectivity index (χ0v) is 17.4. The normalized spacial score (nSPS) is 13.7. The molecular formula is C20H20BrN3O5. The molecule has 2 amide bonds. The summed E-state index contributed by atoms with van der Waals surface area (Å²) in [6.45, 7) is 6.00. The number of benzene rings is 1. The Bertz CT molecular complexity index is 1010. The number of carbonyl (C=O) groups excluding carboxylic acids is 4. The molecule has 0 atom stereocenters. The minimum atomic E-state index is -0.933. The Morgan fingerprint density at radius 1 is 1.31 bits per heavy atom. The van der Waals surface area contributed by atoms with E-state index in [1.165, 1.54) is 12.3 Å². The highest BCUT2D eigenvalue weighted by atomic mass is 79.9. The molecule has 0 unspecified atom stereocenters. The Morgan fingerprint density at radius 3 is 2.69 bits per heavy atom. The van der Waals surface area contributed by atoms with Crippen molar-refractivity contribution in [2.24, 2.45) is 0 Å². The smallest absolute Gasteiger partial charge is 0.379 e. The number of hydrogen-bond acceptors (Lipinski definition) is 5. The molecule has 1 aromatic heterocycles. The number of carbonyl (C=O) groups is 4. The van der Waals surface area contributed by atoms with E-state index in [4.69, 9.17) is 4.74 Å². The van der Waals surface area contributed by atoms with Gasteiger partial charge in [0.1, 0.15) is 6.54 Å². The van der Waals surface area contributed by atoms with Gasteiger partial charge in [0, 0.05) is 34.7 Å². The Kier molecular flexibility index (Phi) is 6.17. The van der Waals surface area contributed by atoms with Gasteiger partial charge in [-0.15, -0.1) is 0 Å². The van der Waals surface area contributed by atoms with Crippen molar-refractivity contribution in [1.82, 2.24) is 14.8 Å². The molecule has 1 fully saturated rings. The lowest BCUT2D eigenvalue weighted by Crippen LogP contribution is -2.61. The lowest BCUT2D eigenvalue weighted by Gasteiger charge is -2.38. The number of fused-ring (bicyclic) bond motifs is 1. The highest BCUT2D eigenvalue weighted by Gasteiger charge is 2.30. The number of ketones is 1. The average molecular weight is 462 g/mol. The molecular weight excluding hydrogens is 442 g/mol. The minimum absolute atomic E-state index is 0.0276. The van der Waals surface area contributed by atoms with Crippen LogP contribution in [0.5, 0.6) is 0 Å². The van der Waals surface area contributed by atoms with Crippen molar-refractivity contribution in [3.05, 3.63) is 47.1 Å². The zero-order chi connectivity index (χ0) is 21.1. The van der Waals surface area contributed by atoms with Crippen LogP contribution in [0.25, 0.3) is 10.9 Å². The van der Waals surface area contributed by atoms with E-state index in [-0.39, 0.29) is 36.6 Å². The predicted molar refractivity (Wildman–Crippen MR) is 109 cm³/mol. The fourth-order valence-corrected chi connectivity index (χ4v) is 3.56. The van der Waals surface area contributed by atoms with Gasteiger partial charge in [0.15, 0.2) is 0 Å². The van der Waals surface area contributed by atoms with Gasteiger partial charge in [-0.2, -0.15) is 0 Å². The van der Waals surface area contributed by atoms with Crippen LogP contribution in [0.1, 0.15) is 17.3 Å². The molecule has 0 spiro atoms. The number of rotatable bonds is 7. The predicted octanol–water partition coefficient (Wildman–Crippen LogP) is 1.66. The van der Waals surface area contributed by atoms with Crippen LogP contribution in [0.15, 0.2) is 41.5 Å². The second-order valence-electron chi connectivity index (χ2n) is 6.59. The molecule has 0 saturated carbocycles. The summed E-state index contributed by atoms with van der Waals surface area (Å²) in [6.07, 6.45) is 2.73. The summed E-state index contributed by atoms with van der Waals surface area (Å²) in [5.74, 6) is -2.11. The summed E-state index contributed by atoms with van der Waals surface area (Å²) in [7, 11) is 0. The van der Waals surface area contributed by atoms with E-state index in [0.29, 0.717) is 24.0 Å². The lowest BCUT2D eigenvalue weighted by molar-refractivity contribution is -0.137. The number of ether oxygens (including phenoxy) is 1. The number of Topliss-reactive ketones (excluding diaryl/α,β-unsaturated/α-hetero) is 1. The van der Waals surface area contributed by atoms with Gasteiger partial charge in [0.2, 0.25) is 11.8 Å². The van der Waals surface area contributed by atoms with Gasteiger partial charge < -0.3 is 19.5 Å². The fourth-order valence-electron chi connectivity index (χ4n) is 3.19. The van der Waals surface area contributed by atoms with Crippen LogP contribution in [-0.2, 0) is 25.7 Å². The van der Waals surface area contributed by atoms with Crippen molar-refractivity contribution < 1.29 is 23.9 Å². The summed E-state index contributed by atoms with van der Waals surface area (Å²) < 4.78 is 7.18. The van der Waals surface area contributed by atoms with Crippen molar-refractivity contribution in [3.8, 4) is 0 Å². The highest BCUT2D eigenvalue weighted by Crippen LogP contribution is 2.26. The molecule has 1 aliphatic rings. The Morgan fingerprint density at radius 2 is 2.03 bits per heavy atom. The Hall–Kier alpha value is -2.94. The van der Waals surface area contributed by atoms with Crippen molar-refractivity contribution in [1.29, 1.82) is 0 Å². The maximum atomic E-state index is 12.5. The summed E-state index contributed by atoms with van der Waals surface area (Å²) in [5.41, 5.74) is 0.826. The second-order valence-corrected chi connectivity index (χ2v) is 7.51. The van der Waals surface area contributed by atoms with Crippen LogP contribution in [0.2, 0.25) is 0 Å². The maximum absolute atomic E-state index is 12.5. The van der Waals surface area contributed by atoms with Crippen LogP contribution >= 0.6 is 15.9 Å². The number of esters is 1. The lowest BCUT2D eigenvalue weighted by atomic mass is 10.1. The van der Waals surface area contributed by atoms with Crippen LogP contribution in [0.4, 0.5) is 0 Å². The van der Waals surface area contributed by atoms with Crippen molar-refractivity contribution in [2.45, 2.75) is 19.5 Å². The molecule has 1 aromatic carbocycles. The Balaban J connectivity index is 1.76. The van der Waals surface area contributed by atoms with Gasteiger partial charge in [0.25, 0.3) is 5.78 Å². The maximum Gasteiger partial charge on any atom is 0.379 e.